The number of halogens is 1. The van der Waals surface area contributed by atoms with Crippen molar-refractivity contribution < 1.29 is 4.39 Å². The summed E-state index contributed by atoms with van der Waals surface area (Å²) >= 11 is 0. The van der Waals surface area contributed by atoms with Gasteiger partial charge in [0.05, 0.1) is 11.9 Å². The number of imidazole rings is 1. The Balaban J connectivity index is 1.52. The Morgan fingerprint density at radius 1 is 1.00 bits per heavy atom. The summed E-state index contributed by atoms with van der Waals surface area (Å²) < 4.78 is 15.1. The van der Waals surface area contributed by atoms with Crippen molar-refractivity contribution in [2.45, 2.75) is 13.0 Å². The molecule has 0 unspecified atom stereocenters. The Morgan fingerprint density at radius 3 is 2.63 bits per heavy atom. The van der Waals surface area contributed by atoms with Gasteiger partial charge in [0.15, 0.2) is 5.65 Å². The summed E-state index contributed by atoms with van der Waals surface area (Å²) in [6, 6.07) is 18.5. The van der Waals surface area contributed by atoms with Crippen LogP contribution in [0, 0.1) is 5.82 Å². The highest BCUT2D eigenvalue weighted by atomic mass is 19.1. The zero-order valence-corrected chi connectivity index (χ0v) is 14.8. The number of rotatable bonds is 6. The van der Waals surface area contributed by atoms with Crippen LogP contribution >= 0.6 is 0 Å². The molecule has 5 nitrogen and oxygen atoms in total. The molecule has 0 fully saturated rings. The molecule has 0 atom stereocenters. The van der Waals surface area contributed by atoms with Gasteiger partial charge in [-0.2, -0.15) is 0 Å². The lowest BCUT2D eigenvalue weighted by atomic mass is 10.1. The summed E-state index contributed by atoms with van der Waals surface area (Å²) in [7, 11) is 0. The van der Waals surface area contributed by atoms with Gasteiger partial charge in [-0.15, -0.1) is 5.10 Å². The number of fused-ring (bicyclic) bond motifs is 1. The van der Waals surface area contributed by atoms with Crippen molar-refractivity contribution in [2.24, 2.45) is 5.73 Å². The van der Waals surface area contributed by atoms with E-state index in [2.05, 4.69) is 15.4 Å². The van der Waals surface area contributed by atoms with Crippen molar-refractivity contribution in [3.63, 3.8) is 0 Å². The molecule has 3 N–H and O–H groups in total. The monoisotopic (exact) mass is 361 g/mol. The first-order chi connectivity index (χ1) is 13.2. The number of nitrogens with zero attached hydrogens (tertiary/aromatic N) is 3. The van der Waals surface area contributed by atoms with Crippen LogP contribution in [0.2, 0.25) is 0 Å². The summed E-state index contributed by atoms with van der Waals surface area (Å²) in [5.74, 6) is 0.535. The second kappa shape index (κ2) is 7.55. The Kier molecular flexibility index (Phi) is 4.80. The summed E-state index contributed by atoms with van der Waals surface area (Å²) in [4.78, 5) is 4.42. The van der Waals surface area contributed by atoms with Gasteiger partial charge in [-0.05, 0) is 41.8 Å². The van der Waals surface area contributed by atoms with E-state index in [1.165, 1.54) is 6.07 Å². The molecular formula is C21H20FN5. The third-order valence-electron chi connectivity index (χ3n) is 4.46. The van der Waals surface area contributed by atoms with E-state index in [0.29, 0.717) is 13.1 Å². The van der Waals surface area contributed by atoms with E-state index in [1.807, 2.05) is 53.2 Å². The fourth-order valence-electron chi connectivity index (χ4n) is 3.00. The molecule has 0 amide bonds. The number of hydrogen-bond acceptors (Lipinski definition) is 4. The molecule has 4 rings (SSSR count). The first kappa shape index (κ1) is 17.2. The van der Waals surface area contributed by atoms with E-state index in [9.17, 15) is 4.39 Å². The highest BCUT2D eigenvalue weighted by Gasteiger charge is 2.08. The van der Waals surface area contributed by atoms with Gasteiger partial charge in [0.2, 0.25) is 0 Å². The molecule has 2 aromatic heterocycles. The Morgan fingerprint density at radius 2 is 1.85 bits per heavy atom. The molecular weight excluding hydrogens is 341 g/mol. The van der Waals surface area contributed by atoms with Gasteiger partial charge in [-0.25, -0.2) is 13.9 Å². The van der Waals surface area contributed by atoms with Crippen molar-refractivity contribution in [2.75, 3.05) is 11.9 Å². The summed E-state index contributed by atoms with van der Waals surface area (Å²) in [5, 5.41) is 7.94. The van der Waals surface area contributed by atoms with Gasteiger partial charge in [0.1, 0.15) is 11.6 Å². The van der Waals surface area contributed by atoms with Crippen LogP contribution in [-0.4, -0.2) is 21.1 Å². The number of anilines is 1. The summed E-state index contributed by atoms with van der Waals surface area (Å²) in [6.07, 6.45) is 2.53. The highest BCUT2D eigenvalue weighted by molar-refractivity contribution is 5.64. The Labute approximate surface area is 156 Å². The molecule has 0 aliphatic rings. The molecule has 6 heteroatoms. The van der Waals surface area contributed by atoms with Gasteiger partial charge in [0.25, 0.3) is 0 Å². The second-order valence-corrected chi connectivity index (χ2v) is 6.34. The highest BCUT2D eigenvalue weighted by Crippen LogP contribution is 2.21. The number of nitrogens with two attached hydrogens (primary N) is 1. The lowest BCUT2D eigenvalue weighted by molar-refractivity contribution is 0.625. The van der Waals surface area contributed by atoms with Gasteiger partial charge < -0.3 is 11.1 Å². The van der Waals surface area contributed by atoms with Crippen molar-refractivity contribution in [3.05, 3.63) is 83.8 Å². The summed E-state index contributed by atoms with van der Waals surface area (Å²) in [6.45, 7) is 1.18. The Bertz CT molecular complexity index is 1060. The van der Waals surface area contributed by atoms with E-state index in [1.54, 1.807) is 12.1 Å². The molecule has 0 aliphatic carbocycles. The van der Waals surface area contributed by atoms with Crippen LogP contribution in [0.3, 0.4) is 0 Å². The molecule has 0 bridgehead atoms. The van der Waals surface area contributed by atoms with Crippen LogP contribution in [0.25, 0.3) is 16.9 Å². The first-order valence-electron chi connectivity index (χ1n) is 8.85. The van der Waals surface area contributed by atoms with Crippen molar-refractivity contribution >= 4 is 11.5 Å². The average molecular weight is 361 g/mol. The van der Waals surface area contributed by atoms with Gasteiger partial charge in [-0.3, -0.25) is 0 Å². The predicted molar refractivity (Wildman–Crippen MR) is 105 cm³/mol. The molecule has 0 aliphatic heterocycles. The fourth-order valence-corrected chi connectivity index (χ4v) is 3.00. The van der Waals surface area contributed by atoms with E-state index in [4.69, 9.17) is 5.73 Å². The molecule has 0 spiro atoms. The minimum absolute atomic E-state index is 0.212. The SMILES string of the molecule is NCc1ccc(-c2cnc3ccc(NCCc4cccc(F)c4)nn23)cc1. The Hall–Kier alpha value is -3.25. The van der Waals surface area contributed by atoms with Crippen LogP contribution < -0.4 is 11.1 Å². The summed E-state index contributed by atoms with van der Waals surface area (Å²) in [5.41, 5.74) is 10.4. The molecule has 4 aromatic rings. The van der Waals surface area contributed by atoms with Gasteiger partial charge in [-0.1, -0.05) is 36.4 Å². The molecule has 0 saturated carbocycles. The zero-order valence-electron chi connectivity index (χ0n) is 14.8. The normalized spacial score (nSPS) is 11.0. The van der Waals surface area contributed by atoms with Crippen molar-refractivity contribution in [1.29, 1.82) is 0 Å². The number of hydrogen-bond donors (Lipinski definition) is 2. The third kappa shape index (κ3) is 3.80. The van der Waals surface area contributed by atoms with E-state index in [-0.39, 0.29) is 5.82 Å². The van der Waals surface area contributed by atoms with Crippen molar-refractivity contribution in [3.8, 4) is 11.3 Å². The topological polar surface area (TPSA) is 68.2 Å². The van der Waals surface area contributed by atoms with E-state index >= 15 is 0 Å². The lowest BCUT2D eigenvalue weighted by Crippen LogP contribution is -2.08. The van der Waals surface area contributed by atoms with E-state index in [0.717, 1.165) is 40.3 Å². The minimum atomic E-state index is -0.212. The molecule has 136 valence electrons. The maximum atomic E-state index is 13.3. The maximum Gasteiger partial charge on any atom is 0.154 e. The van der Waals surface area contributed by atoms with Crippen molar-refractivity contribution in [1.82, 2.24) is 14.6 Å². The van der Waals surface area contributed by atoms with Crippen LogP contribution in [0.15, 0.2) is 66.9 Å². The van der Waals surface area contributed by atoms with E-state index < -0.39 is 0 Å². The lowest BCUT2D eigenvalue weighted by Gasteiger charge is -2.08. The minimum Gasteiger partial charge on any atom is -0.368 e. The van der Waals surface area contributed by atoms with Crippen LogP contribution in [0.4, 0.5) is 10.2 Å². The molecule has 2 heterocycles. The molecule has 2 aromatic carbocycles. The largest absolute Gasteiger partial charge is 0.368 e. The zero-order chi connectivity index (χ0) is 18.6. The average Bonchev–Trinajstić information content (AvgIpc) is 3.11. The van der Waals surface area contributed by atoms with Gasteiger partial charge in [0, 0.05) is 18.7 Å². The smallest absolute Gasteiger partial charge is 0.154 e. The quantitative estimate of drug-likeness (QED) is 0.550. The third-order valence-corrected chi connectivity index (χ3v) is 4.46. The predicted octanol–water partition coefficient (Wildman–Crippen LogP) is 3.65. The first-order valence-corrected chi connectivity index (χ1v) is 8.85. The van der Waals surface area contributed by atoms with Crippen LogP contribution in [0.5, 0.6) is 0 Å². The van der Waals surface area contributed by atoms with Crippen LogP contribution in [-0.2, 0) is 13.0 Å². The number of benzene rings is 2. The number of aromatic nitrogens is 3. The molecule has 27 heavy (non-hydrogen) atoms. The number of nitrogens with one attached hydrogen (secondary N) is 1. The maximum absolute atomic E-state index is 13.3. The second-order valence-electron chi connectivity index (χ2n) is 6.34. The fraction of sp³-hybridized carbons (Fsp3) is 0.143. The molecule has 0 saturated heterocycles. The standard InChI is InChI=1S/C21H20FN5/c22-18-3-1-2-15(12-18)10-11-24-20-8-9-21-25-14-19(27(21)26-20)17-6-4-16(13-23)5-7-17/h1-9,12,14H,10-11,13,23H2,(H,24,26). The van der Waals surface area contributed by atoms with Crippen LogP contribution in [0.1, 0.15) is 11.1 Å². The van der Waals surface area contributed by atoms with Gasteiger partial charge >= 0.3 is 0 Å². The molecule has 0 radical (unpaired) electrons.